The van der Waals surface area contributed by atoms with Crippen molar-refractivity contribution in [2.75, 3.05) is 24.5 Å². The van der Waals surface area contributed by atoms with Gasteiger partial charge in [0, 0.05) is 24.8 Å². The Morgan fingerprint density at radius 2 is 2.35 bits per heavy atom. The minimum absolute atomic E-state index is 0.117. The van der Waals surface area contributed by atoms with E-state index in [0.717, 1.165) is 31.7 Å². The number of hydrogen-bond acceptors (Lipinski definition) is 2. The van der Waals surface area contributed by atoms with E-state index < -0.39 is 0 Å². The van der Waals surface area contributed by atoms with Crippen LogP contribution in [0.3, 0.4) is 0 Å². The zero-order chi connectivity index (χ0) is 11.8. The second-order valence-corrected chi connectivity index (χ2v) is 5.26. The van der Waals surface area contributed by atoms with Crippen LogP contribution in [0.15, 0.2) is 18.2 Å². The summed E-state index contributed by atoms with van der Waals surface area (Å²) in [4.78, 5) is 2.35. The van der Waals surface area contributed by atoms with E-state index in [9.17, 15) is 4.39 Å². The van der Waals surface area contributed by atoms with E-state index in [1.165, 1.54) is 12.0 Å². The van der Waals surface area contributed by atoms with E-state index in [1.807, 2.05) is 6.07 Å². The molecule has 2 heterocycles. The van der Waals surface area contributed by atoms with E-state index in [2.05, 4.69) is 17.1 Å². The molecule has 0 bridgehead atoms. The zero-order valence-corrected chi connectivity index (χ0v) is 10.2. The Balaban J connectivity index is 1.76. The third-order valence-corrected chi connectivity index (χ3v) is 4.18. The van der Waals surface area contributed by atoms with Crippen LogP contribution in [0.4, 0.5) is 10.1 Å². The lowest BCUT2D eigenvalue weighted by Crippen LogP contribution is -2.33. The molecular weight excluding hydrogens is 215 g/mol. The number of anilines is 1. The molecule has 17 heavy (non-hydrogen) atoms. The first-order chi connectivity index (χ1) is 8.24. The summed E-state index contributed by atoms with van der Waals surface area (Å²) in [5.41, 5.74) is 2.41. The fourth-order valence-corrected chi connectivity index (χ4v) is 3.05. The lowest BCUT2D eigenvalue weighted by molar-refractivity contribution is 0.472. The predicted molar refractivity (Wildman–Crippen MR) is 67.9 cm³/mol. The Kier molecular flexibility index (Phi) is 2.79. The van der Waals surface area contributed by atoms with Crippen LogP contribution in [0.2, 0.25) is 0 Å². The van der Waals surface area contributed by atoms with Gasteiger partial charge in [0.2, 0.25) is 0 Å². The molecule has 3 rings (SSSR count). The van der Waals surface area contributed by atoms with E-state index in [4.69, 9.17) is 0 Å². The highest BCUT2D eigenvalue weighted by molar-refractivity contribution is 5.58. The average Bonchev–Trinajstić information content (AvgIpc) is 2.88. The molecule has 2 nitrogen and oxygen atoms in total. The van der Waals surface area contributed by atoms with Crippen LogP contribution in [-0.2, 0) is 6.42 Å². The lowest BCUT2D eigenvalue weighted by atomic mass is 10.0. The SMILES string of the molecule is CC1NCCC1CN1CCc2ccc(F)cc21. The molecular formula is C14H19FN2. The topological polar surface area (TPSA) is 15.3 Å². The first-order valence-electron chi connectivity index (χ1n) is 6.51. The number of hydrogen-bond donors (Lipinski definition) is 1. The van der Waals surface area contributed by atoms with E-state index in [-0.39, 0.29) is 5.82 Å². The molecule has 1 aromatic carbocycles. The van der Waals surface area contributed by atoms with Crippen LogP contribution in [0.5, 0.6) is 0 Å². The van der Waals surface area contributed by atoms with Crippen LogP contribution >= 0.6 is 0 Å². The maximum atomic E-state index is 13.3. The first-order valence-corrected chi connectivity index (χ1v) is 6.51. The summed E-state index contributed by atoms with van der Waals surface area (Å²) < 4.78 is 13.3. The third kappa shape index (κ3) is 2.04. The minimum Gasteiger partial charge on any atom is -0.371 e. The van der Waals surface area contributed by atoms with Gasteiger partial charge in [-0.25, -0.2) is 4.39 Å². The van der Waals surface area contributed by atoms with Gasteiger partial charge in [-0.15, -0.1) is 0 Å². The molecule has 2 aliphatic rings. The van der Waals surface area contributed by atoms with Crippen LogP contribution in [-0.4, -0.2) is 25.7 Å². The van der Waals surface area contributed by atoms with Crippen molar-refractivity contribution in [3.8, 4) is 0 Å². The van der Waals surface area contributed by atoms with Gasteiger partial charge in [-0.2, -0.15) is 0 Å². The largest absolute Gasteiger partial charge is 0.371 e. The number of fused-ring (bicyclic) bond motifs is 1. The van der Waals surface area contributed by atoms with Crippen molar-refractivity contribution in [1.29, 1.82) is 0 Å². The summed E-state index contributed by atoms with van der Waals surface area (Å²) in [5.74, 6) is 0.581. The predicted octanol–water partition coefficient (Wildman–Crippen LogP) is 2.19. The van der Waals surface area contributed by atoms with Gasteiger partial charge < -0.3 is 10.2 Å². The van der Waals surface area contributed by atoms with Crippen molar-refractivity contribution in [2.45, 2.75) is 25.8 Å². The fraction of sp³-hybridized carbons (Fsp3) is 0.571. The summed E-state index contributed by atoms with van der Waals surface area (Å²) in [6.07, 6.45) is 2.30. The normalized spacial score (nSPS) is 27.5. The Morgan fingerprint density at radius 1 is 1.47 bits per heavy atom. The molecule has 0 spiro atoms. The monoisotopic (exact) mass is 234 g/mol. The zero-order valence-electron chi connectivity index (χ0n) is 10.2. The van der Waals surface area contributed by atoms with E-state index in [1.54, 1.807) is 12.1 Å². The van der Waals surface area contributed by atoms with Crippen molar-refractivity contribution in [1.82, 2.24) is 5.32 Å². The molecule has 1 saturated heterocycles. The molecule has 2 unspecified atom stereocenters. The Bertz CT molecular complexity index is 419. The van der Waals surface area contributed by atoms with Crippen LogP contribution in [0, 0.1) is 11.7 Å². The molecule has 2 atom stereocenters. The molecule has 0 saturated carbocycles. The fourth-order valence-electron chi connectivity index (χ4n) is 3.05. The summed E-state index contributed by atoms with van der Waals surface area (Å²) in [6.45, 7) is 5.47. The van der Waals surface area contributed by atoms with Gasteiger partial charge in [0.05, 0.1) is 0 Å². The highest BCUT2D eigenvalue weighted by atomic mass is 19.1. The van der Waals surface area contributed by atoms with Gasteiger partial charge in [-0.05, 0) is 49.9 Å². The lowest BCUT2D eigenvalue weighted by Gasteiger charge is -2.25. The molecule has 0 aromatic heterocycles. The quantitative estimate of drug-likeness (QED) is 0.844. The van der Waals surface area contributed by atoms with Gasteiger partial charge in [0.1, 0.15) is 5.82 Å². The molecule has 0 amide bonds. The van der Waals surface area contributed by atoms with E-state index >= 15 is 0 Å². The van der Waals surface area contributed by atoms with Crippen molar-refractivity contribution >= 4 is 5.69 Å². The van der Waals surface area contributed by atoms with Gasteiger partial charge in [-0.3, -0.25) is 0 Å². The Labute approximate surface area is 102 Å². The Morgan fingerprint density at radius 3 is 3.12 bits per heavy atom. The molecule has 1 N–H and O–H groups in total. The van der Waals surface area contributed by atoms with Crippen LogP contribution < -0.4 is 10.2 Å². The summed E-state index contributed by atoms with van der Waals surface area (Å²) in [6, 6.07) is 5.78. The minimum atomic E-state index is -0.117. The number of halogens is 1. The van der Waals surface area contributed by atoms with Gasteiger partial charge in [0.25, 0.3) is 0 Å². The smallest absolute Gasteiger partial charge is 0.125 e. The summed E-state index contributed by atoms with van der Waals surface area (Å²) in [7, 11) is 0. The molecule has 1 aromatic rings. The third-order valence-electron chi connectivity index (χ3n) is 4.18. The Hall–Kier alpha value is -1.09. The number of benzene rings is 1. The van der Waals surface area contributed by atoms with Gasteiger partial charge in [-0.1, -0.05) is 6.07 Å². The maximum Gasteiger partial charge on any atom is 0.125 e. The van der Waals surface area contributed by atoms with Crippen molar-refractivity contribution in [3.05, 3.63) is 29.6 Å². The highest BCUT2D eigenvalue weighted by Gasteiger charge is 2.28. The first kappa shape index (κ1) is 11.0. The van der Waals surface area contributed by atoms with Crippen LogP contribution in [0.25, 0.3) is 0 Å². The number of nitrogens with one attached hydrogen (secondary N) is 1. The highest BCUT2D eigenvalue weighted by Crippen LogP contribution is 2.30. The standard InChI is InChI=1S/C14H19FN2/c1-10-12(4-6-16-10)9-17-7-5-11-2-3-13(15)8-14(11)17/h2-3,8,10,12,16H,4-7,9H2,1H3. The average molecular weight is 234 g/mol. The van der Waals surface area contributed by atoms with Crippen molar-refractivity contribution in [3.63, 3.8) is 0 Å². The number of rotatable bonds is 2. The summed E-state index contributed by atoms with van der Waals surface area (Å²) >= 11 is 0. The molecule has 0 aliphatic carbocycles. The number of nitrogens with zero attached hydrogens (tertiary/aromatic N) is 1. The second-order valence-electron chi connectivity index (χ2n) is 5.26. The molecule has 92 valence electrons. The molecule has 3 heteroatoms. The maximum absolute atomic E-state index is 13.3. The molecule has 2 aliphatic heterocycles. The van der Waals surface area contributed by atoms with Crippen molar-refractivity contribution in [2.24, 2.45) is 5.92 Å². The van der Waals surface area contributed by atoms with E-state index in [0.29, 0.717) is 12.0 Å². The molecule has 0 radical (unpaired) electrons. The van der Waals surface area contributed by atoms with Gasteiger partial charge in [0.15, 0.2) is 0 Å². The molecule has 1 fully saturated rings. The second kappa shape index (κ2) is 4.30. The summed E-state index contributed by atoms with van der Waals surface area (Å²) in [5, 5.41) is 3.48. The van der Waals surface area contributed by atoms with Crippen molar-refractivity contribution < 1.29 is 4.39 Å². The van der Waals surface area contributed by atoms with Gasteiger partial charge >= 0.3 is 0 Å². The van der Waals surface area contributed by atoms with Crippen LogP contribution in [0.1, 0.15) is 18.9 Å².